The van der Waals surface area contributed by atoms with Crippen LogP contribution in [0.3, 0.4) is 0 Å². The molecule has 0 saturated heterocycles. The molecule has 2 rings (SSSR count). The predicted molar refractivity (Wildman–Crippen MR) is 79.0 cm³/mol. The van der Waals surface area contributed by atoms with Gasteiger partial charge in [0, 0.05) is 0 Å². The summed E-state index contributed by atoms with van der Waals surface area (Å²) >= 11 is 0. The van der Waals surface area contributed by atoms with E-state index in [1.54, 1.807) is 19.9 Å². The van der Waals surface area contributed by atoms with Gasteiger partial charge in [0.05, 0.1) is 13.2 Å². The molecule has 4 nitrogen and oxygen atoms in total. The molecule has 0 radical (unpaired) electrons. The van der Waals surface area contributed by atoms with Gasteiger partial charge in [-0.25, -0.2) is 0 Å². The van der Waals surface area contributed by atoms with Crippen molar-refractivity contribution in [1.82, 2.24) is 0 Å². The van der Waals surface area contributed by atoms with E-state index in [9.17, 15) is 9.59 Å². The Balaban J connectivity index is 2.26. The van der Waals surface area contributed by atoms with Gasteiger partial charge in [-0.3, -0.25) is 9.59 Å². The smallest absolute Gasteiger partial charge is 0.324 e. The highest BCUT2D eigenvalue weighted by atomic mass is 16.6. The Labute approximate surface area is 125 Å². The lowest BCUT2D eigenvalue weighted by Gasteiger charge is -2.26. The van der Waals surface area contributed by atoms with Gasteiger partial charge in [0.2, 0.25) is 0 Å². The third-order valence-electron chi connectivity index (χ3n) is 3.87. The van der Waals surface area contributed by atoms with Crippen LogP contribution in [0, 0.1) is 0 Å². The quantitative estimate of drug-likeness (QED) is 0.596. The Hall–Kier alpha value is -1.84. The Morgan fingerprint density at radius 3 is 2.24 bits per heavy atom. The molecule has 1 fully saturated rings. The molecule has 1 aliphatic carbocycles. The first kappa shape index (κ1) is 15.5. The topological polar surface area (TPSA) is 52.6 Å². The summed E-state index contributed by atoms with van der Waals surface area (Å²) < 4.78 is 10.1. The number of esters is 2. The fourth-order valence-electron chi connectivity index (χ4n) is 2.55. The van der Waals surface area contributed by atoms with Crippen LogP contribution in [0.1, 0.15) is 56.1 Å². The number of carbonyl (C=O) groups is 2. The van der Waals surface area contributed by atoms with Crippen LogP contribution in [0.15, 0.2) is 24.3 Å². The average Bonchev–Trinajstić information content (AvgIpc) is 2.38. The summed E-state index contributed by atoms with van der Waals surface area (Å²) in [6.45, 7) is 3.95. The monoisotopic (exact) mass is 290 g/mol. The molecule has 1 saturated carbocycles. The fourth-order valence-corrected chi connectivity index (χ4v) is 2.55. The second-order valence-corrected chi connectivity index (χ2v) is 5.24. The van der Waals surface area contributed by atoms with Gasteiger partial charge in [0.15, 0.2) is 5.92 Å². The van der Waals surface area contributed by atoms with Crippen molar-refractivity contribution in [1.29, 1.82) is 0 Å². The summed E-state index contributed by atoms with van der Waals surface area (Å²) in [7, 11) is 0. The molecular formula is C17H22O4. The first-order chi connectivity index (χ1) is 10.2. The van der Waals surface area contributed by atoms with Gasteiger partial charge in [-0.05, 0) is 43.7 Å². The third-order valence-corrected chi connectivity index (χ3v) is 3.87. The fraction of sp³-hybridized carbons (Fsp3) is 0.529. The van der Waals surface area contributed by atoms with Crippen LogP contribution in [0.25, 0.3) is 0 Å². The molecule has 0 aromatic heterocycles. The van der Waals surface area contributed by atoms with E-state index in [2.05, 4.69) is 6.07 Å². The molecule has 0 bridgehead atoms. The van der Waals surface area contributed by atoms with Crippen molar-refractivity contribution in [3.63, 3.8) is 0 Å². The lowest BCUT2D eigenvalue weighted by Crippen LogP contribution is -2.26. The van der Waals surface area contributed by atoms with E-state index in [0.717, 1.165) is 0 Å². The molecule has 0 spiro atoms. The first-order valence-corrected chi connectivity index (χ1v) is 7.60. The van der Waals surface area contributed by atoms with Gasteiger partial charge >= 0.3 is 11.9 Å². The van der Waals surface area contributed by atoms with Gasteiger partial charge in [-0.15, -0.1) is 0 Å². The molecule has 0 heterocycles. The molecule has 0 aliphatic heterocycles. The molecule has 114 valence electrons. The maximum Gasteiger partial charge on any atom is 0.324 e. The molecule has 1 aromatic rings. The van der Waals surface area contributed by atoms with Crippen LogP contribution in [0.2, 0.25) is 0 Å². The van der Waals surface area contributed by atoms with Crippen molar-refractivity contribution >= 4 is 11.9 Å². The number of ether oxygens (including phenoxy) is 2. The van der Waals surface area contributed by atoms with Crippen LogP contribution >= 0.6 is 0 Å². The maximum atomic E-state index is 12.1. The summed E-state index contributed by atoms with van der Waals surface area (Å²) in [6, 6.07) is 7.69. The van der Waals surface area contributed by atoms with Crippen LogP contribution in [0.5, 0.6) is 0 Å². The molecule has 0 amide bonds. The SMILES string of the molecule is CCOC(=O)C(C(=O)OCC)c1cccc(C2CCC2)c1. The molecule has 4 heteroatoms. The summed E-state index contributed by atoms with van der Waals surface area (Å²) in [4.78, 5) is 24.2. The molecule has 1 aromatic carbocycles. The molecule has 0 atom stereocenters. The minimum absolute atomic E-state index is 0.247. The summed E-state index contributed by atoms with van der Waals surface area (Å²) in [5.74, 6) is -1.51. The standard InChI is InChI=1S/C17H22O4/c1-3-20-16(18)15(17(19)21-4-2)14-10-6-9-13(11-14)12-7-5-8-12/h6,9-12,15H,3-5,7-8H2,1-2H3. The van der Waals surface area contributed by atoms with E-state index in [1.165, 1.54) is 24.8 Å². The van der Waals surface area contributed by atoms with Gasteiger partial charge in [-0.2, -0.15) is 0 Å². The molecule has 1 aliphatic rings. The van der Waals surface area contributed by atoms with E-state index in [-0.39, 0.29) is 13.2 Å². The largest absolute Gasteiger partial charge is 0.465 e. The zero-order valence-corrected chi connectivity index (χ0v) is 12.6. The normalized spacial score (nSPS) is 14.6. The van der Waals surface area contributed by atoms with Crippen molar-refractivity contribution in [3.8, 4) is 0 Å². The molecule has 21 heavy (non-hydrogen) atoms. The molecular weight excluding hydrogens is 268 g/mol. The number of rotatable bonds is 6. The van der Waals surface area contributed by atoms with E-state index in [4.69, 9.17) is 9.47 Å². The summed E-state index contributed by atoms with van der Waals surface area (Å²) in [6.07, 6.45) is 3.59. The number of hydrogen-bond acceptors (Lipinski definition) is 4. The second-order valence-electron chi connectivity index (χ2n) is 5.24. The Morgan fingerprint density at radius 1 is 1.14 bits per heavy atom. The highest BCUT2D eigenvalue weighted by molar-refractivity contribution is 6.00. The molecule has 0 N–H and O–H groups in total. The first-order valence-electron chi connectivity index (χ1n) is 7.60. The average molecular weight is 290 g/mol. The highest BCUT2D eigenvalue weighted by Gasteiger charge is 2.32. The van der Waals surface area contributed by atoms with E-state index in [1.807, 2.05) is 12.1 Å². The van der Waals surface area contributed by atoms with E-state index < -0.39 is 17.9 Å². The second kappa shape index (κ2) is 7.25. The van der Waals surface area contributed by atoms with Crippen molar-refractivity contribution in [2.45, 2.75) is 44.9 Å². The number of carbonyl (C=O) groups excluding carboxylic acids is 2. The highest BCUT2D eigenvalue weighted by Crippen LogP contribution is 2.37. The van der Waals surface area contributed by atoms with Crippen molar-refractivity contribution in [3.05, 3.63) is 35.4 Å². The number of hydrogen-bond donors (Lipinski definition) is 0. The van der Waals surface area contributed by atoms with Crippen molar-refractivity contribution < 1.29 is 19.1 Å². The number of benzene rings is 1. The van der Waals surface area contributed by atoms with Gasteiger partial charge in [-0.1, -0.05) is 30.7 Å². The summed E-state index contributed by atoms with van der Waals surface area (Å²) in [5.41, 5.74) is 1.86. The lowest BCUT2D eigenvalue weighted by molar-refractivity contribution is -0.156. The minimum Gasteiger partial charge on any atom is -0.465 e. The Morgan fingerprint density at radius 2 is 1.76 bits per heavy atom. The van der Waals surface area contributed by atoms with E-state index in [0.29, 0.717) is 11.5 Å². The van der Waals surface area contributed by atoms with Crippen molar-refractivity contribution in [2.24, 2.45) is 0 Å². The zero-order valence-electron chi connectivity index (χ0n) is 12.6. The maximum absolute atomic E-state index is 12.1. The van der Waals surface area contributed by atoms with Crippen LogP contribution in [-0.2, 0) is 19.1 Å². The zero-order chi connectivity index (χ0) is 15.2. The minimum atomic E-state index is -0.982. The van der Waals surface area contributed by atoms with Crippen LogP contribution < -0.4 is 0 Å². The molecule has 0 unspecified atom stereocenters. The van der Waals surface area contributed by atoms with Crippen LogP contribution in [-0.4, -0.2) is 25.2 Å². The van der Waals surface area contributed by atoms with E-state index >= 15 is 0 Å². The summed E-state index contributed by atoms with van der Waals surface area (Å²) in [5, 5.41) is 0. The lowest BCUT2D eigenvalue weighted by atomic mass is 9.79. The van der Waals surface area contributed by atoms with Gasteiger partial charge in [0.25, 0.3) is 0 Å². The van der Waals surface area contributed by atoms with Crippen molar-refractivity contribution in [2.75, 3.05) is 13.2 Å². The predicted octanol–water partition coefficient (Wildman–Crippen LogP) is 3.16. The van der Waals surface area contributed by atoms with Crippen LogP contribution in [0.4, 0.5) is 0 Å². The van der Waals surface area contributed by atoms with Gasteiger partial charge in [0.1, 0.15) is 0 Å². The third kappa shape index (κ3) is 3.63. The Bertz CT molecular complexity index is 487. The van der Waals surface area contributed by atoms with Gasteiger partial charge < -0.3 is 9.47 Å². The Kier molecular flexibility index (Phi) is 5.37.